The van der Waals surface area contributed by atoms with Crippen molar-refractivity contribution >= 4 is 40.4 Å². The van der Waals surface area contributed by atoms with Crippen LogP contribution < -0.4 is 15.5 Å². The van der Waals surface area contributed by atoms with E-state index in [9.17, 15) is 19.5 Å². The molecule has 3 aromatic rings. The van der Waals surface area contributed by atoms with Crippen LogP contribution in [0.3, 0.4) is 0 Å². The van der Waals surface area contributed by atoms with Gasteiger partial charge in [0, 0.05) is 29.2 Å². The van der Waals surface area contributed by atoms with Crippen LogP contribution in [0.25, 0.3) is 0 Å². The molecule has 7 nitrogen and oxygen atoms in total. The molecule has 1 atom stereocenters. The second-order valence-electron chi connectivity index (χ2n) is 9.09. The topological polar surface area (TPSA) is 98.7 Å². The van der Waals surface area contributed by atoms with E-state index >= 15 is 0 Å². The molecule has 8 heteroatoms. The summed E-state index contributed by atoms with van der Waals surface area (Å²) >= 11 is 1.49. The van der Waals surface area contributed by atoms with Crippen LogP contribution in [-0.4, -0.2) is 28.9 Å². The van der Waals surface area contributed by atoms with Crippen molar-refractivity contribution in [3.63, 3.8) is 0 Å². The minimum atomic E-state index is -0.924. The fourth-order valence-corrected chi connectivity index (χ4v) is 5.29. The maximum atomic E-state index is 13.8. The second-order valence-corrected chi connectivity index (χ2v) is 10.1. The molecule has 1 aromatic heterocycles. The van der Waals surface area contributed by atoms with Gasteiger partial charge in [-0.05, 0) is 66.2 Å². The normalized spacial score (nSPS) is 14.6. The summed E-state index contributed by atoms with van der Waals surface area (Å²) < 4.78 is 0. The molecule has 3 N–H and O–H groups in total. The van der Waals surface area contributed by atoms with E-state index in [1.54, 1.807) is 36.4 Å². The fraction of sp³-hybridized carbons (Fsp3) is 0.321. The third kappa shape index (κ3) is 6.51. The molecular formula is C28H31N3O4S. The number of anilines is 2. The first kappa shape index (κ1) is 25.4. The Morgan fingerprint density at radius 1 is 1.00 bits per heavy atom. The summed E-state index contributed by atoms with van der Waals surface area (Å²) in [7, 11) is 0. The van der Waals surface area contributed by atoms with Crippen molar-refractivity contribution in [2.75, 3.05) is 10.2 Å². The van der Waals surface area contributed by atoms with Gasteiger partial charge < -0.3 is 15.7 Å². The first-order valence-corrected chi connectivity index (χ1v) is 13.1. The Morgan fingerprint density at radius 2 is 1.69 bits per heavy atom. The average molecular weight is 506 g/mol. The molecule has 2 aromatic carbocycles. The number of nitrogens with one attached hydrogen (secondary N) is 2. The first-order chi connectivity index (χ1) is 17.4. The number of benzene rings is 2. The molecule has 0 spiro atoms. The minimum Gasteiger partial charge on any atom is -0.508 e. The van der Waals surface area contributed by atoms with Crippen molar-refractivity contribution in [2.45, 2.75) is 57.5 Å². The van der Waals surface area contributed by atoms with E-state index < -0.39 is 6.04 Å². The zero-order valence-electron chi connectivity index (χ0n) is 20.3. The molecule has 1 aliphatic carbocycles. The van der Waals surface area contributed by atoms with Crippen molar-refractivity contribution < 1.29 is 19.5 Å². The van der Waals surface area contributed by atoms with Crippen molar-refractivity contribution in [1.82, 2.24) is 5.32 Å². The predicted molar refractivity (Wildman–Crippen MR) is 142 cm³/mol. The van der Waals surface area contributed by atoms with Gasteiger partial charge in [0.25, 0.3) is 0 Å². The Bertz CT molecular complexity index is 1170. The van der Waals surface area contributed by atoms with E-state index in [1.165, 1.54) is 41.7 Å². The Balaban J connectivity index is 1.73. The summed E-state index contributed by atoms with van der Waals surface area (Å²) in [6.45, 7) is 1.43. The Morgan fingerprint density at radius 3 is 2.31 bits per heavy atom. The summed E-state index contributed by atoms with van der Waals surface area (Å²) in [5.41, 5.74) is 1.75. The standard InChI is InChI=1S/C28H31N3O4S/c1-19(32)29-22-11-13-23(14-12-22)31(26(34)18-25-8-5-17-36-25)27(20-9-15-24(33)16-10-20)28(35)30-21-6-3-2-4-7-21/h5,8-17,21,27,33H,2-4,6-7,18H2,1H3,(H,29,32)(H,30,35)/t27-/m1/s1. The summed E-state index contributed by atoms with van der Waals surface area (Å²) in [4.78, 5) is 41.5. The van der Waals surface area contributed by atoms with Gasteiger partial charge in [-0.15, -0.1) is 11.3 Å². The van der Waals surface area contributed by atoms with E-state index in [2.05, 4.69) is 10.6 Å². The highest BCUT2D eigenvalue weighted by Gasteiger charge is 2.34. The van der Waals surface area contributed by atoms with Crippen LogP contribution in [-0.2, 0) is 20.8 Å². The van der Waals surface area contributed by atoms with Gasteiger partial charge in [0.1, 0.15) is 11.8 Å². The van der Waals surface area contributed by atoms with Crippen LogP contribution >= 0.6 is 11.3 Å². The second kappa shape index (κ2) is 11.9. The summed E-state index contributed by atoms with van der Waals surface area (Å²) in [6.07, 6.45) is 5.29. The third-order valence-electron chi connectivity index (χ3n) is 6.31. The molecule has 1 fully saturated rings. The molecular weight excluding hydrogens is 474 g/mol. The monoisotopic (exact) mass is 505 g/mol. The van der Waals surface area contributed by atoms with E-state index in [0.717, 1.165) is 30.6 Å². The van der Waals surface area contributed by atoms with Crippen LogP contribution in [0.4, 0.5) is 11.4 Å². The maximum Gasteiger partial charge on any atom is 0.248 e. The lowest BCUT2D eigenvalue weighted by atomic mass is 9.94. The van der Waals surface area contributed by atoms with Crippen LogP contribution in [0.5, 0.6) is 5.75 Å². The SMILES string of the molecule is CC(=O)Nc1ccc(N(C(=O)Cc2cccs2)[C@@H](C(=O)NC2CCCCC2)c2ccc(O)cc2)cc1. The molecule has 3 amide bonds. The molecule has 1 heterocycles. The van der Waals surface area contributed by atoms with Gasteiger partial charge in [0.05, 0.1) is 6.42 Å². The summed E-state index contributed by atoms with van der Waals surface area (Å²) in [6, 6.07) is 16.3. The van der Waals surface area contributed by atoms with Gasteiger partial charge in [-0.1, -0.05) is 37.5 Å². The molecule has 188 valence electrons. The van der Waals surface area contributed by atoms with Gasteiger partial charge in [-0.25, -0.2) is 0 Å². The molecule has 4 rings (SSSR count). The molecule has 0 unspecified atom stereocenters. The van der Waals surface area contributed by atoms with Gasteiger partial charge in [-0.2, -0.15) is 0 Å². The lowest BCUT2D eigenvalue weighted by molar-refractivity contribution is -0.127. The van der Waals surface area contributed by atoms with Crippen LogP contribution in [0.1, 0.15) is 55.5 Å². The van der Waals surface area contributed by atoms with Crippen molar-refractivity contribution in [2.24, 2.45) is 0 Å². The number of amides is 3. The fourth-order valence-electron chi connectivity index (χ4n) is 4.59. The van der Waals surface area contributed by atoms with Gasteiger partial charge >= 0.3 is 0 Å². The largest absolute Gasteiger partial charge is 0.508 e. The number of thiophene rings is 1. The van der Waals surface area contributed by atoms with Crippen LogP contribution in [0.15, 0.2) is 66.0 Å². The highest BCUT2D eigenvalue weighted by molar-refractivity contribution is 7.10. The molecule has 0 aliphatic heterocycles. The Kier molecular flexibility index (Phi) is 8.38. The Hall–Kier alpha value is -3.65. The first-order valence-electron chi connectivity index (χ1n) is 12.2. The number of phenols is 1. The van der Waals surface area contributed by atoms with E-state index in [4.69, 9.17) is 0 Å². The van der Waals surface area contributed by atoms with Crippen LogP contribution in [0.2, 0.25) is 0 Å². The number of carbonyl (C=O) groups is 3. The molecule has 36 heavy (non-hydrogen) atoms. The highest BCUT2D eigenvalue weighted by atomic mass is 32.1. The number of carbonyl (C=O) groups excluding carboxylic acids is 3. The number of aromatic hydroxyl groups is 1. The average Bonchev–Trinajstić information content (AvgIpc) is 3.37. The van der Waals surface area contributed by atoms with E-state index in [-0.39, 0.29) is 35.9 Å². The quantitative estimate of drug-likeness (QED) is 0.393. The predicted octanol–water partition coefficient (Wildman–Crippen LogP) is 5.18. The number of rotatable bonds is 8. The minimum absolute atomic E-state index is 0.0715. The highest BCUT2D eigenvalue weighted by Crippen LogP contribution is 2.32. The maximum absolute atomic E-state index is 13.8. The number of nitrogens with zero attached hydrogens (tertiary/aromatic N) is 1. The summed E-state index contributed by atoms with van der Waals surface area (Å²) in [5, 5.41) is 17.7. The number of phenolic OH excluding ortho intramolecular Hbond substituents is 1. The van der Waals surface area contributed by atoms with Gasteiger partial charge in [-0.3, -0.25) is 19.3 Å². The zero-order valence-corrected chi connectivity index (χ0v) is 21.1. The Labute approximate surface area is 215 Å². The molecule has 0 radical (unpaired) electrons. The lowest BCUT2D eigenvalue weighted by Crippen LogP contribution is -2.47. The third-order valence-corrected chi connectivity index (χ3v) is 7.18. The van der Waals surface area contributed by atoms with E-state index in [0.29, 0.717) is 16.9 Å². The van der Waals surface area contributed by atoms with Crippen molar-refractivity contribution in [1.29, 1.82) is 0 Å². The molecule has 0 saturated heterocycles. The number of hydrogen-bond donors (Lipinski definition) is 3. The van der Waals surface area contributed by atoms with Crippen molar-refractivity contribution in [3.05, 3.63) is 76.5 Å². The lowest BCUT2D eigenvalue weighted by Gasteiger charge is -2.33. The van der Waals surface area contributed by atoms with Gasteiger partial charge in [0.2, 0.25) is 17.7 Å². The van der Waals surface area contributed by atoms with Crippen LogP contribution in [0, 0.1) is 0 Å². The van der Waals surface area contributed by atoms with Gasteiger partial charge in [0.15, 0.2) is 0 Å². The summed E-state index contributed by atoms with van der Waals surface area (Å²) in [5.74, 6) is -0.580. The smallest absolute Gasteiger partial charge is 0.248 e. The molecule has 1 aliphatic rings. The number of hydrogen-bond acceptors (Lipinski definition) is 5. The zero-order chi connectivity index (χ0) is 25.5. The van der Waals surface area contributed by atoms with E-state index in [1.807, 2.05) is 17.5 Å². The molecule has 0 bridgehead atoms. The molecule has 1 saturated carbocycles. The van der Waals surface area contributed by atoms with Crippen molar-refractivity contribution in [3.8, 4) is 5.75 Å².